The molecule has 1 aromatic rings. The topological polar surface area (TPSA) is 71.3 Å². The van der Waals surface area contributed by atoms with Gasteiger partial charge in [0.2, 0.25) is 0 Å². The number of fused-ring (bicyclic) bond motifs is 1. The molecular formula is C12H16N4O2. The lowest BCUT2D eigenvalue weighted by Crippen LogP contribution is -2.33. The normalized spacial score (nSPS) is 27.1. The van der Waals surface area contributed by atoms with Crippen molar-refractivity contribution in [3.05, 3.63) is 28.4 Å². The molecule has 2 aliphatic rings. The molecule has 0 aromatic carbocycles. The van der Waals surface area contributed by atoms with Crippen molar-refractivity contribution in [3.8, 4) is 0 Å². The van der Waals surface area contributed by atoms with Gasteiger partial charge in [0, 0.05) is 18.6 Å². The highest BCUT2D eigenvalue weighted by atomic mass is 16.6. The largest absolute Gasteiger partial charge is 0.386 e. The summed E-state index contributed by atoms with van der Waals surface area (Å²) in [6.07, 6.45) is 4.93. The fourth-order valence-corrected chi connectivity index (χ4v) is 3.11. The second-order valence-electron chi connectivity index (χ2n) is 4.92. The third-order valence-corrected chi connectivity index (χ3v) is 3.91. The average Bonchev–Trinajstić information content (AvgIpc) is 2.94. The monoisotopic (exact) mass is 248 g/mol. The van der Waals surface area contributed by atoms with Gasteiger partial charge in [-0.1, -0.05) is 0 Å². The fraction of sp³-hybridized carbons (Fsp3) is 0.583. The van der Waals surface area contributed by atoms with Crippen LogP contribution in [0.1, 0.15) is 19.3 Å². The first-order chi connectivity index (χ1) is 8.75. The summed E-state index contributed by atoms with van der Waals surface area (Å²) in [6.45, 7) is 2.26. The average molecular weight is 248 g/mol. The molecular weight excluding hydrogens is 232 g/mol. The molecule has 0 radical (unpaired) electrons. The Bertz CT molecular complexity index is 465. The number of anilines is 1. The van der Waals surface area contributed by atoms with Gasteiger partial charge in [-0.2, -0.15) is 0 Å². The second-order valence-corrected chi connectivity index (χ2v) is 4.92. The summed E-state index contributed by atoms with van der Waals surface area (Å²) >= 11 is 0. The van der Waals surface area contributed by atoms with Crippen LogP contribution < -0.4 is 5.32 Å². The van der Waals surface area contributed by atoms with Gasteiger partial charge in [-0.15, -0.1) is 0 Å². The van der Waals surface area contributed by atoms with Crippen molar-refractivity contribution in [2.24, 2.45) is 0 Å². The summed E-state index contributed by atoms with van der Waals surface area (Å²) < 4.78 is 0. The van der Waals surface area contributed by atoms with E-state index in [-0.39, 0.29) is 5.82 Å². The van der Waals surface area contributed by atoms with E-state index in [0.717, 1.165) is 19.5 Å². The van der Waals surface area contributed by atoms with Crippen molar-refractivity contribution in [2.45, 2.75) is 31.3 Å². The van der Waals surface area contributed by atoms with Crippen LogP contribution in [-0.2, 0) is 0 Å². The highest BCUT2D eigenvalue weighted by molar-refractivity contribution is 5.57. The fourth-order valence-electron chi connectivity index (χ4n) is 3.11. The third kappa shape index (κ3) is 1.92. The predicted molar refractivity (Wildman–Crippen MR) is 67.5 cm³/mol. The minimum atomic E-state index is -0.427. The molecule has 1 N–H and O–H groups in total. The summed E-state index contributed by atoms with van der Waals surface area (Å²) in [7, 11) is 0. The lowest BCUT2D eigenvalue weighted by molar-refractivity contribution is -0.388. The number of nitrogens with one attached hydrogen (secondary N) is 1. The van der Waals surface area contributed by atoms with Crippen LogP contribution in [0, 0.1) is 10.1 Å². The molecule has 3 heterocycles. The molecule has 2 fully saturated rings. The molecule has 0 saturated carbocycles. The smallest absolute Gasteiger partial charge is 0.374 e. The Morgan fingerprint density at radius 2 is 2.33 bits per heavy atom. The first kappa shape index (κ1) is 11.4. The molecule has 0 amide bonds. The number of aromatic nitrogens is 1. The molecule has 0 spiro atoms. The van der Waals surface area contributed by atoms with Crippen molar-refractivity contribution in [1.29, 1.82) is 0 Å². The number of hydrogen-bond acceptors (Lipinski definition) is 5. The minimum Gasteiger partial charge on any atom is -0.374 e. The van der Waals surface area contributed by atoms with Crippen molar-refractivity contribution < 1.29 is 4.92 Å². The standard InChI is InChI=1S/C12H16N4O2/c17-16(18)12-10(3-1-6-13-12)14-9-5-8-15-7-2-4-11(9)15/h1,3,6,9,11,14H,2,4-5,7-8H2. The van der Waals surface area contributed by atoms with Crippen LogP contribution in [0.5, 0.6) is 0 Å². The van der Waals surface area contributed by atoms with Gasteiger partial charge < -0.3 is 15.4 Å². The maximum Gasteiger partial charge on any atom is 0.386 e. The van der Waals surface area contributed by atoms with Crippen LogP contribution in [0.4, 0.5) is 11.5 Å². The van der Waals surface area contributed by atoms with E-state index < -0.39 is 4.92 Å². The van der Waals surface area contributed by atoms with Gasteiger partial charge in [-0.05, 0) is 47.8 Å². The summed E-state index contributed by atoms with van der Waals surface area (Å²) in [5.74, 6) is -0.0750. The quantitative estimate of drug-likeness (QED) is 0.650. The van der Waals surface area contributed by atoms with E-state index >= 15 is 0 Å². The molecule has 18 heavy (non-hydrogen) atoms. The molecule has 6 nitrogen and oxygen atoms in total. The Morgan fingerprint density at radius 1 is 1.44 bits per heavy atom. The van der Waals surface area contributed by atoms with Crippen LogP contribution in [0.2, 0.25) is 0 Å². The number of rotatable bonds is 3. The number of nitrogens with zero attached hydrogens (tertiary/aromatic N) is 3. The SMILES string of the molecule is O=[N+]([O-])c1ncccc1NC1CCN2CCCC12. The summed E-state index contributed by atoms with van der Waals surface area (Å²) in [4.78, 5) is 16.8. The molecule has 3 rings (SSSR count). The first-order valence-electron chi connectivity index (χ1n) is 6.36. The lowest BCUT2D eigenvalue weighted by atomic mass is 10.1. The Hall–Kier alpha value is -1.69. The zero-order chi connectivity index (χ0) is 12.5. The minimum absolute atomic E-state index is 0.0750. The Labute approximate surface area is 105 Å². The first-order valence-corrected chi connectivity index (χ1v) is 6.36. The van der Waals surface area contributed by atoms with Crippen LogP contribution in [0.25, 0.3) is 0 Å². The van der Waals surface area contributed by atoms with Gasteiger partial charge in [0.05, 0.1) is 0 Å². The maximum atomic E-state index is 10.9. The number of hydrogen-bond donors (Lipinski definition) is 1. The van der Waals surface area contributed by atoms with Crippen molar-refractivity contribution in [3.63, 3.8) is 0 Å². The number of pyridine rings is 1. The van der Waals surface area contributed by atoms with Crippen LogP contribution in [0.15, 0.2) is 18.3 Å². The molecule has 2 atom stereocenters. The van der Waals surface area contributed by atoms with Gasteiger partial charge >= 0.3 is 5.82 Å². The van der Waals surface area contributed by atoms with E-state index in [1.54, 1.807) is 12.1 Å². The lowest BCUT2D eigenvalue weighted by Gasteiger charge is -2.21. The molecule has 96 valence electrons. The van der Waals surface area contributed by atoms with E-state index in [9.17, 15) is 10.1 Å². The highest BCUT2D eigenvalue weighted by Gasteiger charge is 2.37. The molecule has 1 aromatic heterocycles. The molecule has 2 saturated heterocycles. The molecule has 2 aliphatic heterocycles. The van der Waals surface area contributed by atoms with Crippen LogP contribution in [-0.4, -0.2) is 40.0 Å². The summed E-state index contributed by atoms with van der Waals surface area (Å²) in [5, 5.41) is 14.2. The van der Waals surface area contributed by atoms with Crippen molar-refractivity contribution in [2.75, 3.05) is 18.4 Å². The van der Waals surface area contributed by atoms with Gasteiger partial charge in [-0.25, -0.2) is 0 Å². The maximum absolute atomic E-state index is 10.9. The van der Waals surface area contributed by atoms with Gasteiger partial charge in [0.15, 0.2) is 0 Å². The van der Waals surface area contributed by atoms with E-state index in [2.05, 4.69) is 15.2 Å². The van der Waals surface area contributed by atoms with E-state index in [1.807, 2.05) is 0 Å². The molecule has 0 aliphatic carbocycles. The zero-order valence-corrected chi connectivity index (χ0v) is 10.1. The summed E-state index contributed by atoms with van der Waals surface area (Å²) in [6, 6.07) is 4.32. The third-order valence-electron chi connectivity index (χ3n) is 3.91. The predicted octanol–water partition coefficient (Wildman–Crippen LogP) is 1.64. The highest BCUT2D eigenvalue weighted by Crippen LogP contribution is 2.31. The van der Waals surface area contributed by atoms with Gasteiger partial charge in [0.1, 0.15) is 11.9 Å². The molecule has 0 bridgehead atoms. The molecule has 2 unspecified atom stereocenters. The van der Waals surface area contributed by atoms with E-state index in [0.29, 0.717) is 17.8 Å². The summed E-state index contributed by atoms with van der Waals surface area (Å²) in [5.41, 5.74) is 0.543. The zero-order valence-electron chi connectivity index (χ0n) is 10.1. The van der Waals surface area contributed by atoms with Gasteiger partial charge in [0.25, 0.3) is 0 Å². The Morgan fingerprint density at radius 3 is 3.17 bits per heavy atom. The van der Waals surface area contributed by atoms with Crippen LogP contribution >= 0.6 is 0 Å². The van der Waals surface area contributed by atoms with E-state index in [4.69, 9.17) is 0 Å². The second kappa shape index (κ2) is 4.53. The molecule has 6 heteroatoms. The van der Waals surface area contributed by atoms with E-state index in [1.165, 1.54) is 19.0 Å². The van der Waals surface area contributed by atoms with Crippen LogP contribution in [0.3, 0.4) is 0 Å². The van der Waals surface area contributed by atoms with Crippen molar-refractivity contribution >= 4 is 11.5 Å². The van der Waals surface area contributed by atoms with Crippen molar-refractivity contribution in [1.82, 2.24) is 9.88 Å². The Balaban J connectivity index is 1.78. The Kier molecular flexibility index (Phi) is 2.87. The number of nitro groups is 1. The van der Waals surface area contributed by atoms with Gasteiger partial charge in [-0.3, -0.25) is 4.90 Å².